The summed E-state index contributed by atoms with van der Waals surface area (Å²) in [6, 6.07) is 0.959. The molecule has 0 aromatic rings. The maximum absolute atomic E-state index is 12.5. The molecular formula is C15H28N2O2. The zero-order valence-electron chi connectivity index (χ0n) is 12.4. The number of nitrogens with zero attached hydrogens (tertiary/aromatic N) is 1. The van der Waals surface area contributed by atoms with E-state index >= 15 is 0 Å². The second-order valence-corrected chi connectivity index (χ2v) is 6.12. The highest BCUT2D eigenvalue weighted by molar-refractivity contribution is 5.77. The van der Waals surface area contributed by atoms with Gasteiger partial charge in [0.2, 0.25) is 5.91 Å². The van der Waals surface area contributed by atoms with Gasteiger partial charge in [-0.2, -0.15) is 0 Å². The van der Waals surface area contributed by atoms with Crippen LogP contribution >= 0.6 is 0 Å². The highest BCUT2D eigenvalue weighted by Crippen LogP contribution is 2.25. The number of methoxy groups -OCH3 is 1. The number of piperidine rings is 1. The molecule has 0 saturated carbocycles. The molecular weight excluding hydrogens is 240 g/mol. The molecule has 2 saturated heterocycles. The zero-order valence-corrected chi connectivity index (χ0v) is 12.4. The van der Waals surface area contributed by atoms with Crippen molar-refractivity contribution in [3.63, 3.8) is 0 Å². The van der Waals surface area contributed by atoms with Gasteiger partial charge in [0.1, 0.15) is 0 Å². The van der Waals surface area contributed by atoms with E-state index in [0.717, 1.165) is 19.5 Å². The van der Waals surface area contributed by atoms with Crippen molar-refractivity contribution in [2.45, 2.75) is 57.5 Å². The van der Waals surface area contributed by atoms with Crippen LogP contribution in [-0.4, -0.2) is 49.7 Å². The first-order valence-electron chi connectivity index (χ1n) is 7.74. The van der Waals surface area contributed by atoms with Crippen LogP contribution in [0.15, 0.2) is 0 Å². The molecule has 0 bridgehead atoms. The van der Waals surface area contributed by atoms with Crippen molar-refractivity contribution in [2.24, 2.45) is 5.92 Å². The second kappa shape index (κ2) is 7.25. The molecule has 2 fully saturated rings. The molecule has 4 heteroatoms. The molecule has 2 aliphatic heterocycles. The first-order valence-corrected chi connectivity index (χ1v) is 7.74. The summed E-state index contributed by atoms with van der Waals surface area (Å²) >= 11 is 0. The maximum atomic E-state index is 12.5. The molecule has 2 heterocycles. The number of nitrogens with one attached hydrogen (secondary N) is 1. The predicted molar refractivity (Wildman–Crippen MR) is 76.0 cm³/mol. The van der Waals surface area contributed by atoms with Gasteiger partial charge in [-0.1, -0.05) is 6.92 Å². The van der Waals surface area contributed by atoms with Crippen molar-refractivity contribution in [3.8, 4) is 0 Å². The Morgan fingerprint density at radius 3 is 2.89 bits per heavy atom. The van der Waals surface area contributed by atoms with Gasteiger partial charge in [0.15, 0.2) is 0 Å². The summed E-state index contributed by atoms with van der Waals surface area (Å²) in [6.07, 6.45) is 6.69. The minimum Gasteiger partial charge on any atom is -0.384 e. The lowest BCUT2D eigenvalue weighted by Crippen LogP contribution is -2.52. The molecule has 2 aliphatic rings. The van der Waals surface area contributed by atoms with Crippen LogP contribution in [0.3, 0.4) is 0 Å². The van der Waals surface area contributed by atoms with E-state index in [-0.39, 0.29) is 0 Å². The van der Waals surface area contributed by atoms with Crippen molar-refractivity contribution in [3.05, 3.63) is 0 Å². The van der Waals surface area contributed by atoms with Crippen molar-refractivity contribution in [2.75, 3.05) is 26.8 Å². The summed E-state index contributed by atoms with van der Waals surface area (Å²) in [4.78, 5) is 14.6. The van der Waals surface area contributed by atoms with Crippen molar-refractivity contribution in [1.82, 2.24) is 10.2 Å². The Hall–Kier alpha value is -0.610. The van der Waals surface area contributed by atoms with Crippen molar-refractivity contribution in [1.29, 1.82) is 0 Å². The summed E-state index contributed by atoms with van der Waals surface area (Å²) in [5.41, 5.74) is 0. The molecule has 0 aromatic carbocycles. The van der Waals surface area contributed by atoms with E-state index in [4.69, 9.17) is 4.74 Å². The lowest BCUT2D eigenvalue weighted by atomic mass is 9.93. The van der Waals surface area contributed by atoms with Crippen LogP contribution in [0.2, 0.25) is 0 Å². The third-order valence-electron chi connectivity index (χ3n) is 4.41. The standard InChI is InChI=1S/C15H28N2O2/c1-12(11-19-2)10-15(18)17-9-4-3-7-14(17)13-6-5-8-16-13/h12-14,16H,3-11H2,1-2H3. The normalized spacial score (nSPS) is 29.5. The third kappa shape index (κ3) is 3.93. The Morgan fingerprint density at radius 1 is 1.37 bits per heavy atom. The second-order valence-electron chi connectivity index (χ2n) is 6.12. The monoisotopic (exact) mass is 268 g/mol. The number of likely N-dealkylation sites (tertiary alicyclic amines) is 1. The van der Waals surface area contributed by atoms with Gasteiger partial charge in [-0.25, -0.2) is 0 Å². The molecule has 1 N–H and O–H groups in total. The first kappa shape index (κ1) is 14.8. The molecule has 1 amide bonds. The Bertz CT molecular complexity index is 290. The number of hydrogen-bond donors (Lipinski definition) is 1. The van der Waals surface area contributed by atoms with Crippen LogP contribution < -0.4 is 5.32 Å². The fourth-order valence-electron chi connectivity index (χ4n) is 3.48. The van der Waals surface area contributed by atoms with E-state index in [1.165, 1.54) is 25.7 Å². The zero-order chi connectivity index (χ0) is 13.7. The summed E-state index contributed by atoms with van der Waals surface area (Å²) in [5, 5.41) is 3.57. The van der Waals surface area contributed by atoms with Crippen LogP contribution in [0, 0.1) is 5.92 Å². The average Bonchev–Trinajstić information content (AvgIpc) is 2.92. The minimum atomic E-state index is 0.316. The van der Waals surface area contributed by atoms with E-state index in [1.807, 2.05) is 0 Å². The molecule has 0 aromatic heterocycles. The fourth-order valence-corrected chi connectivity index (χ4v) is 3.48. The van der Waals surface area contributed by atoms with Gasteiger partial charge in [0, 0.05) is 38.8 Å². The van der Waals surface area contributed by atoms with Gasteiger partial charge in [-0.05, 0) is 44.6 Å². The van der Waals surface area contributed by atoms with Gasteiger partial charge in [0.25, 0.3) is 0 Å². The van der Waals surface area contributed by atoms with Crippen LogP contribution in [0.1, 0.15) is 45.4 Å². The largest absolute Gasteiger partial charge is 0.384 e. The van der Waals surface area contributed by atoms with Gasteiger partial charge >= 0.3 is 0 Å². The molecule has 19 heavy (non-hydrogen) atoms. The molecule has 3 atom stereocenters. The van der Waals surface area contributed by atoms with Gasteiger partial charge in [0.05, 0.1) is 0 Å². The summed E-state index contributed by atoms with van der Waals surface area (Å²) in [7, 11) is 1.70. The van der Waals surface area contributed by atoms with Crippen molar-refractivity contribution < 1.29 is 9.53 Å². The first-order chi connectivity index (χ1) is 9.22. The quantitative estimate of drug-likeness (QED) is 0.826. The smallest absolute Gasteiger partial charge is 0.223 e. The fraction of sp³-hybridized carbons (Fsp3) is 0.933. The van der Waals surface area contributed by atoms with E-state index in [2.05, 4.69) is 17.1 Å². The number of rotatable bonds is 5. The molecule has 4 nitrogen and oxygen atoms in total. The third-order valence-corrected chi connectivity index (χ3v) is 4.41. The van der Waals surface area contributed by atoms with E-state index in [9.17, 15) is 4.79 Å². The lowest BCUT2D eigenvalue weighted by molar-refractivity contribution is -0.136. The molecule has 0 aliphatic carbocycles. The SMILES string of the molecule is COCC(C)CC(=O)N1CCCCC1C1CCCN1. The predicted octanol–water partition coefficient (Wildman–Crippen LogP) is 1.79. The molecule has 3 unspecified atom stereocenters. The number of carbonyl (C=O) groups excluding carboxylic acids is 1. The number of amides is 1. The van der Waals surface area contributed by atoms with E-state index < -0.39 is 0 Å². The Morgan fingerprint density at radius 2 is 2.21 bits per heavy atom. The van der Waals surface area contributed by atoms with E-state index in [1.54, 1.807) is 7.11 Å². The summed E-state index contributed by atoms with van der Waals surface area (Å²) in [6.45, 7) is 4.82. The maximum Gasteiger partial charge on any atom is 0.223 e. The summed E-state index contributed by atoms with van der Waals surface area (Å²) < 4.78 is 5.14. The van der Waals surface area contributed by atoms with Gasteiger partial charge in [-0.15, -0.1) is 0 Å². The Labute approximate surface area is 116 Å². The van der Waals surface area contributed by atoms with Crippen LogP contribution in [-0.2, 0) is 9.53 Å². The molecule has 0 spiro atoms. The number of carbonyl (C=O) groups is 1. The molecule has 0 radical (unpaired) electrons. The van der Waals surface area contributed by atoms with Gasteiger partial charge in [-0.3, -0.25) is 4.79 Å². The van der Waals surface area contributed by atoms with Crippen LogP contribution in [0.5, 0.6) is 0 Å². The van der Waals surface area contributed by atoms with E-state index in [0.29, 0.717) is 36.9 Å². The summed E-state index contributed by atoms with van der Waals surface area (Å²) in [5.74, 6) is 0.638. The minimum absolute atomic E-state index is 0.316. The average molecular weight is 268 g/mol. The Balaban J connectivity index is 1.92. The van der Waals surface area contributed by atoms with Gasteiger partial charge < -0.3 is 15.0 Å². The number of ether oxygens (including phenoxy) is 1. The highest BCUT2D eigenvalue weighted by atomic mass is 16.5. The molecule has 110 valence electrons. The Kier molecular flexibility index (Phi) is 5.64. The van der Waals surface area contributed by atoms with Crippen LogP contribution in [0.25, 0.3) is 0 Å². The lowest BCUT2D eigenvalue weighted by Gasteiger charge is -2.39. The highest BCUT2D eigenvalue weighted by Gasteiger charge is 2.34. The number of hydrogen-bond acceptors (Lipinski definition) is 3. The van der Waals surface area contributed by atoms with Crippen LogP contribution in [0.4, 0.5) is 0 Å². The molecule has 2 rings (SSSR count). The topological polar surface area (TPSA) is 41.6 Å². The van der Waals surface area contributed by atoms with Crippen molar-refractivity contribution >= 4 is 5.91 Å².